The van der Waals surface area contributed by atoms with E-state index in [0.717, 1.165) is 10.7 Å². The maximum absolute atomic E-state index is 5.54. The fourth-order valence-corrected chi connectivity index (χ4v) is 1.82. The van der Waals surface area contributed by atoms with Crippen LogP contribution in [-0.4, -0.2) is 18.1 Å². The molecule has 2 N–H and O–H groups in total. The molecule has 0 aliphatic heterocycles. The van der Waals surface area contributed by atoms with Crippen LogP contribution in [0.25, 0.3) is 0 Å². The summed E-state index contributed by atoms with van der Waals surface area (Å²) in [7, 11) is 0. The average Bonchev–Trinajstić information content (AvgIpc) is 2.47. The normalized spacial score (nSPS) is 13.2. The van der Waals surface area contributed by atoms with E-state index in [2.05, 4.69) is 4.98 Å². The molecule has 0 bridgehead atoms. The van der Waals surface area contributed by atoms with Gasteiger partial charge in [0.05, 0.1) is 0 Å². The Hall–Kier alpha value is -0.450. The molecule has 0 fully saturated rings. The topological polar surface area (TPSA) is 48.1 Å². The van der Waals surface area contributed by atoms with Gasteiger partial charge in [0.15, 0.2) is 0 Å². The molecule has 0 aromatic carbocycles. The van der Waals surface area contributed by atoms with E-state index in [1.165, 1.54) is 0 Å². The molecule has 0 amide bonds. The highest BCUT2D eigenvalue weighted by molar-refractivity contribution is 7.09. The third-order valence-electron chi connectivity index (χ3n) is 1.49. The van der Waals surface area contributed by atoms with E-state index in [0.29, 0.717) is 13.2 Å². The van der Waals surface area contributed by atoms with Crippen molar-refractivity contribution in [1.82, 2.24) is 4.98 Å². The molecule has 0 aliphatic carbocycles. The number of aryl methyl sites for hydroxylation is 1. The van der Waals surface area contributed by atoms with E-state index < -0.39 is 0 Å². The van der Waals surface area contributed by atoms with Gasteiger partial charge in [-0.2, -0.15) is 0 Å². The van der Waals surface area contributed by atoms with Crippen LogP contribution in [0.4, 0.5) is 0 Å². The zero-order chi connectivity index (χ0) is 8.97. The van der Waals surface area contributed by atoms with Crippen LogP contribution in [0.15, 0.2) is 5.38 Å². The van der Waals surface area contributed by atoms with Crippen molar-refractivity contribution in [3.8, 4) is 0 Å². The maximum Gasteiger partial charge on any atom is 0.123 e. The minimum atomic E-state index is -0.0197. The maximum atomic E-state index is 5.54. The molecule has 4 heteroatoms. The van der Waals surface area contributed by atoms with Crippen molar-refractivity contribution < 1.29 is 4.74 Å². The lowest BCUT2D eigenvalue weighted by atomic mass is 10.4. The molecule has 68 valence electrons. The Morgan fingerprint density at radius 2 is 2.50 bits per heavy atom. The Morgan fingerprint density at radius 1 is 1.75 bits per heavy atom. The Balaban J connectivity index is 2.66. The van der Waals surface area contributed by atoms with Crippen LogP contribution in [0.3, 0.4) is 0 Å². The van der Waals surface area contributed by atoms with Crippen molar-refractivity contribution in [3.63, 3.8) is 0 Å². The van der Waals surface area contributed by atoms with Gasteiger partial charge in [-0.05, 0) is 13.8 Å². The first-order valence-electron chi connectivity index (χ1n) is 4.01. The molecule has 1 rings (SSSR count). The van der Waals surface area contributed by atoms with E-state index in [1.54, 1.807) is 11.3 Å². The van der Waals surface area contributed by atoms with Gasteiger partial charge in [0.2, 0.25) is 0 Å². The smallest absolute Gasteiger partial charge is 0.123 e. The van der Waals surface area contributed by atoms with Crippen LogP contribution in [0, 0.1) is 6.92 Å². The standard InChI is InChI=1S/C8H14N2OS/c1-3-11-7(4-9)8-10-6(2)5-12-8/h5,7H,3-4,9H2,1-2H3. The SMILES string of the molecule is CCOC(CN)c1nc(C)cs1. The van der Waals surface area contributed by atoms with Gasteiger partial charge < -0.3 is 10.5 Å². The van der Waals surface area contributed by atoms with Crippen LogP contribution < -0.4 is 5.73 Å². The van der Waals surface area contributed by atoms with E-state index in [1.807, 2.05) is 19.2 Å². The lowest BCUT2D eigenvalue weighted by Crippen LogP contribution is -2.15. The second-order valence-electron chi connectivity index (χ2n) is 2.51. The molecule has 0 spiro atoms. The van der Waals surface area contributed by atoms with Crippen molar-refractivity contribution in [2.75, 3.05) is 13.2 Å². The number of hydrogen-bond acceptors (Lipinski definition) is 4. The molecule has 12 heavy (non-hydrogen) atoms. The number of aromatic nitrogens is 1. The minimum Gasteiger partial charge on any atom is -0.370 e. The van der Waals surface area contributed by atoms with E-state index in [-0.39, 0.29) is 6.10 Å². The lowest BCUT2D eigenvalue weighted by Gasteiger charge is -2.10. The van der Waals surface area contributed by atoms with Crippen LogP contribution in [0.5, 0.6) is 0 Å². The summed E-state index contributed by atoms with van der Waals surface area (Å²) in [5, 5.41) is 2.99. The Bertz CT molecular complexity index is 237. The van der Waals surface area contributed by atoms with Gasteiger partial charge in [-0.1, -0.05) is 0 Å². The zero-order valence-electron chi connectivity index (χ0n) is 7.41. The van der Waals surface area contributed by atoms with Gasteiger partial charge in [-0.25, -0.2) is 4.98 Å². The van der Waals surface area contributed by atoms with Gasteiger partial charge in [0.1, 0.15) is 11.1 Å². The third-order valence-corrected chi connectivity index (χ3v) is 2.55. The first kappa shape index (κ1) is 9.64. The molecule has 0 aliphatic rings. The molecule has 1 unspecified atom stereocenters. The summed E-state index contributed by atoms with van der Waals surface area (Å²) in [6.45, 7) is 5.12. The monoisotopic (exact) mass is 186 g/mol. The minimum absolute atomic E-state index is 0.0197. The quantitative estimate of drug-likeness (QED) is 0.775. The highest BCUT2D eigenvalue weighted by Crippen LogP contribution is 2.19. The van der Waals surface area contributed by atoms with Crippen molar-refractivity contribution in [1.29, 1.82) is 0 Å². The van der Waals surface area contributed by atoms with E-state index >= 15 is 0 Å². The fourth-order valence-electron chi connectivity index (χ4n) is 0.961. The van der Waals surface area contributed by atoms with Crippen molar-refractivity contribution in [2.24, 2.45) is 5.73 Å². The summed E-state index contributed by atoms with van der Waals surface area (Å²) < 4.78 is 5.41. The summed E-state index contributed by atoms with van der Waals surface area (Å²) in [4.78, 5) is 4.31. The molecule has 0 saturated heterocycles. The molecular formula is C8H14N2OS. The van der Waals surface area contributed by atoms with E-state index in [4.69, 9.17) is 10.5 Å². The molecule has 1 heterocycles. The number of nitrogens with two attached hydrogens (primary N) is 1. The van der Waals surface area contributed by atoms with Gasteiger partial charge in [0, 0.05) is 24.2 Å². The van der Waals surface area contributed by atoms with Gasteiger partial charge >= 0.3 is 0 Å². The Kier molecular flexibility index (Phi) is 3.65. The van der Waals surface area contributed by atoms with Crippen LogP contribution in [0.1, 0.15) is 23.7 Å². The number of rotatable bonds is 4. The molecule has 1 atom stereocenters. The number of ether oxygens (including phenoxy) is 1. The molecule has 1 aromatic rings. The Morgan fingerprint density at radius 3 is 2.92 bits per heavy atom. The van der Waals surface area contributed by atoms with Crippen LogP contribution >= 0.6 is 11.3 Å². The summed E-state index contributed by atoms with van der Waals surface area (Å²) in [5.74, 6) is 0. The van der Waals surface area contributed by atoms with Crippen molar-refractivity contribution in [2.45, 2.75) is 20.0 Å². The lowest BCUT2D eigenvalue weighted by molar-refractivity contribution is 0.0686. The van der Waals surface area contributed by atoms with Crippen molar-refractivity contribution >= 4 is 11.3 Å². The van der Waals surface area contributed by atoms with Gasteiger partial charge in [-0.3, -0.25) is 0 Å². The predicted octanol–water partition coefficient (Wildman–Crippen LogP) is 1.49. The molecular weight excluding hydrogens is 172 g/mol. The third kappa shape index (κ3) is 2.27. The summed E-state index contributed by atoms with van der Waals surface area (Å²) >= 11 is 1.61. The number of thiazole rings is 1. The van der Waals surface area contributed by atoms with Crippen LogP contribution in [-0.2, 0) is 4.74 Å². The van der Waals surface area contributed by atoms with Gasteiger partial charge in [-0.15, -0.1) is 11.3 Å². The summed E-state index contributed by atoms with van der Waals surface area (Å²) in [6, 6.07) is 0. The highest BCUT2D eigenvalue weighted by atomic mass is 32.1. The summed E-state index contributed by atoms with van der Waals surface area (Å²) in [5.41, 5.74) is 6.58. The summed E-state index contributed by atoms with van der Waals surface area (Å²) in [6.07, 6.45) is -0.0197. The predicted molar refractivity (Wildman–Crippen MR) is 50.3 cm³/mol. The fraction of sp³-hybridized carbons (Fsp3) is 0.625. The average molecular weight is 186 g/mol. The van der Waals surface area contributed by atoms with Crippen molar-refractivity contribution in [3.05, 3.63) is 16.1 Å². The van der Waals surface area contributed by atoms with E-state index in [9.17, 15) is 0 Å². The Labute approximate surface area is 76.6 Å². The van der Waals surface area contributed by atoms with Gasteiger partial charge in [0.25, 0.3) is 0 Å². The molecule has 0 saturated carbocycles. The molecule has 1 aromatic heterocycles. The molecule has 3 nitrogen and oxygen atoms in total. The highest BCUT2D eigenvalue weighted by Gasteiger charge is 2.12. The second kappa shape index (κ2) is 4.54. The first-order valence-corrected chi connectivity index (χ1v) is 4.89. The zero-order valence-corrected chi connectivity index (χ0v) is 8.23. The first-order chi connectivity index (χ1) is 5.77. The molecule has 0 radical (unpaired) electrons. The largest absolute Gasteiger partial charge is 0.370 e. The number of nitrogens with zero attached hydrogens (tertiary/aromatic N) is 1. The van der Waals surface area contributed by atoms with Crippen LogP contribution in [0.2, 0.25) is 0 Å². The number of hydrogen-bond donors (Lipinski definition) is 1. The second-order valence-corrected chi connectivity index (χ2v) is 3.40.